The van der Waals surface area contributed by atoms with E-state index >= 15 is 0 Å². The molecule has 1 aromatic carbocycles. The minimum atomic E-state index is -3.53. The van der Waals surface area contributed by atoms with Crippen molar-refractivity contribution in [1.82, 2.24) is 24.5 Å². The van der Waals surface area contributed by atoms with Crippen LogP contribution in [0, 0.1) is 6.92 Å². The van der Waals surface area contributed by atoms with Gasteiger partial charge >= 0.3 is 0 Å². The Labute approximate surface area is 146 Å². The predicted octanol–water partition coefficient (Wildman–Crippen LogP) is 2.09. The van der Waals surface area contributed by atoms with Crippen LogP contribution in [0.1, 0.15) is 36.1 Å². The molecule has 1 aliphatic rings. The minimum absolute atomic E-state index is 0.106. The van der Waals surface area contributed by atoms with Crippen molar-refractivity contribution < 1.29 is 8.42 Å². The lowest BCUT2D eigenvalue weighted by Gasteiger charge is -2.23. The van der Waals surface area contributed by atoms with Crippen LogP contribution in [0.25, 0.3) is 10.9 Å². The highest BCUT2D eigenvalue weighted by Gasteiger charge is 2.28. The first-order valence-corrected chi connectivity index (χ1v) is 9.91. The van der Waals surface area contributed by atoms with Gasteiger partial charge in [-0.2, -0.15) is 5.10 Å². The summed E-state index contributed by atoms with van der Waals surface area (Å²) in [5.74, 6) is 1.26. The summed E-state index contributed by atoms with van der Waals surface area (Å²) in [6.45, 7) is 2.60. The third kappa shape index (κ3) is 3.27. The van der Waals surface area contributed by atoms with Gasteiger partial charge in [-0.25, -0.2) is 22.8 Å². The standard InChI is InChI=1S/C17H19N5O2S/c1-12-19-17-15(8-4-10-22(17)20-12)21-25(23,24)11-14-6-2-5-13-7-3-9-18-16(13)14/h2-3,5-7,9,15,21H,4,8,10-11H2,1H3/t15-/m1/s1. The van der Waals surface area contributed by atoms with Gasteiger partial charge in [0.15, 0.2) is 0 Å². The van der Waals surface area contributed by atoms with Crippen LogP contribution in [0.4, 0.5) is 0 Å². The van der Waals surface area contributed by atoms with E-state index in [9.17, 15) is 8.42 Å². The summed E-state index contributed by atoms with van der Waals surface area (Å²) >= 11 is 0. The molecule has 0 amide bonds. The average Bonchev–Trinajstić information content (AvgIpc) is 2.96. The summed E-state index contributed by atoms with van der Waals surface area (Å²) < 4.78 is 30.1. The van der Waals surface area contributed by atoms with Crippen LogP contribution in [-0.4, -0.2) is 28.2 Å². The molecule has 130 valence electrons. The number of para-hydroxylation sites is 1. The van der Waals surface area contributed by atoms with Crippen LogP contribution < -0.4 is 4.72 Å². The fraction of sp³-hybridized carbons (Fsp3) is 0.353. The molecule has 0 bridgehead atoms. The lowest BCUT2D eigenvalue weighted by Crippen LogP contribution is -2.34. The molecule has 0 saturated heterocycles. The second-order valence-electron chi connectivity index (χ2n) is 6.30. The van der Waals surface area contributed by atoms with Crippen LogP contribution in [-0.2, 0) is 22.3 Å². The Hall–Kier alpha value is -2.32. The number of hydrogen-bond donors (Lipinski definition) is 1. The van der Waals surface area contributed by atoms with E-state index in [2.05, 4.69) is 19.8 Å². The molecule has 4 rings (SSSR count). The lowest BCUT2D eigenvalue weighted by atomic mass is 10.1. The Morgan fingerprint density at radius 2 is 2.12 bits per heavy atom. The van der Waals surface area contributed by atoms with Gasteiger partial charge in [-0.1, -0.05) is 24.3 Å². The monoisotopic (exact) mass is 357 g/mol. The van der Waals surface area contributed by atoms with Crippen LogP contribution in [0.5, 0.6) is 0 Å². The lowest BCUT2D eigenvalue weighted by molar-refractivity contribution is 0.399. The highest BCUT2D eigenvalue weighted by molar-refractivity contribution is 7.88. The van der Waals surface area contributed by atoms with Crippen molar-refractivity contribution >= 4 is 20.9 Å². The largest absolute Gasteiger partial charge is 0.256 e. The summed E-state index contributed by atoms with van der Waals surface area (Å²) in [6, 6.07) is 9.03. The molecule has 8 heteroatoms. The number of pyridine rings is 1. The quantitative estimate of drug-likeness (QED) is 0.772. The number of nitrogens with one attached hydrogen (secondary N) is 1. The number of benzene rings is 1. The molecule has 1 N–H and O–H groups in total. The molecule has 1 atom stereocenters. The molecule has 0 fully saturated rings. The van der Waals surface area contributed by atoms with Crippen LogP contribution >= 0.6 is 0 Å². The fourth-order valence-corrected chi connectivity index (χ4v) is 4.71. The normalized spacial score (nSPS) is 17.6. The maximum Gasteiger partial charge on any atom is 0.216 e. The van der Waals surface area contributed by atoms with E-state index in [1.807, 2.05) is 37.3 Å². The predicted molar refractivity (Wildman–Crippen MR) is 94.2 cm³/mol. The van der Waals surface area contributed by atoms with E-state index < -0.39 is 10.0 Å². The van der Waals surface area contributed by atoms with Gasteiger partial charge in [-0.05, 0) is 31.4 Å². The first-order valence-electron chi connectivity index (χ1n) is 8.26. The van der Waals surface area contributed by atoms with Crippen LogP contribution in [0.2, 0.25) is 0 Å². The number of sulfonamides is 1. The van der Waals surface area contributed by atoms with Crippen molar-refractivity contribution in [2.24, 2.45) is 0 Å². The first kappa shape index (κ1) is 16.2. The van der Waals surface area contributed by atoms with Gasteiger partial charge in [0.1, 0.15) is 11.6 Å². The number of hydrogen-bond acceptors (Lipinski definition) is 5. The van der Waals surface area contributed by atoms with Crippen molar-refractivity contribution in [1.29, 1.82) is 0 Å². The molecule has 7 nitrogen and oxygen atoms in total. The summed E-state index contributed by atoms with van der Waals surface area (Å²) in [6.07, 6.45) is 3.28. The van der Waals surface area contributed by atoms with Crippen molar-refractivity contribution in [3.63, 3.8) is 0 Å². The van der Waals surface area contributed by atoms with Gasteiger partial charge in [0.25, 0.3) is 0 Å². The number of rotatable bonds is 4. The molecule has 3 heterocycles. The topological polar surface area (TPSA) is 89.8 Å². The number of aromatic nitrogens is 4. The Balaban J connectivity index is 1.60. The van der Waals surface area contributed by atoms with Gasteiger partial charge in [0.05, 0.1) is 17.3 Å². The highest BCUT2D eigenvalue weighted by Crippen LogP contribution is 2.25. The number of fused-ring (bicyclic) bond motifs is 2. The van der Waals surface area contributed by atoms with E-state index in [0.29, 0.717) is 17.2 Å². The second kappa shape index (κ2) is 6.20. The molecule has 0 aliphatic carbocycles. The van der Waals surface area contributed by atoms with Gasteiger partial charge in [0.2, 0.25) is 10.0 Å². The van der Waals surface area contributed by atoms with E-state index in [1.165, 1.54) is 0 Å². The molecular formula is C17H19N5O2S. The van der Waals surface area contributed by atoms with E-state index in [0.717, 1.165) is 30.3 Å². The summed E-state index contributed by atoms with van der Waals surface area (Å²) in [7, 11) is -3.53. The zero-order chi connectivity index (χ0) is 17.4. The van der Waals surface area contributed by atoms with Gasteiger partial charge < -0.3 is 0 Å². The third-order valence-electron chi connectivity index (χ3n) is 4.36. The van der Waals surface area contributed by atoms with Crippen molar-refractivity contribution in [3.05, 3.63) is 53.7 Å². The summed E-state index contributed by atoms with van der Waals surface area (Å²) in [5, 5.41) is 5.25. The van der Waals surface area contributed by atoms with Gasteiger partial charge in [-0.3, -0.25) is 4.98 Å². The minimum Gasteiger partial charge on any atom is -0.256 e. The molecule has 0 spiro atoms. The molecule has 0 unspecified atom stereocenters. The summed E-state index contributed by atoms with van der Waals surface area (Å²) in [5.41, 5.74) is 1.41. The fourth-order valence-electron chi connectivity index (χ4n) is 3.33. The summed E-state index contributed by atoms with van der Waals surface area (Å²) in [4.78, 5) is 8.72. The maximum atomic E-state index is 12.7. The zero-order valence-electron chi connectivity index (χ0n) is 13.9. The maximum absolute atomic E-state index is 12.7. The Kier molecular flexibility index (Phi) is 4.01. The van der Waals surface area contributed by atoms with Gasteiger partial charge in [0, 0.05) is 18.1 Å². The molecule has 3 aromatic rings. The zero-order valence-corrected chi connectivity index (χ0v) is 14.7. The van der Waals surface area contributed by atoms with Gasteiger partial charge in [-0.15, -0.1) is 0 Å². The Morgan fingerprint density at radius 1 is 1.28 bits per heavy atom. The number of nitrogens with zero attached hydrogens (tertiary/aromatic N) is 4. The van der Waals surface area contributed by atoms with E-state index in [1.54, 1.807) is 10.9 Å². The van der Waals surface area contributed by atoms with E-state index in [4.69, 9.17) is 0 Å². The smallest absolute Gasteiger partial charge is 0.216 e. The Morgan fingerprint density at radius 3 is 3.00 bits per heavy atom. The molecule has 2 aromatic heterocycles. The number of aryl methyl sites for hydroxylation is 2. The highest BCUT2D eigenvalue weighted by atomic mass is 32.2. The third-order valence-corrected chi connectivity index (χ3v) is 5.70. The van der Waals surface area contributed by atoms with Crippen molar-refractivity contribution in [3.8, 4) is 0 Å². The van der Waals surface area contributed by atoms with E-state index in [-0.39, 0.29) is 11.8 Å². The molecule has 25 heavy (non-hydrogen) atoms. The first-order chi connectivity index (χ1) is 12.0. The van der Waals surface area contributed by atoms with Crippen LogP contribution in [0.3, 0.4) is 0 Å². The van der Waals surface area contributed by atoms with Crippen LogP contribution in [0.15, 0.2) is 36.5 Å². The average molecular weight is 357 g/mol. The second-order valence-corrected chi connectivity index (χ2v) is 8.06. The van der Waals surface area contributed by atoms with Crippen molar-refractivity contribution in [2.75, 3.05) is 0 Å². The molecule has 0 radical (unpaired) electrons. The molecule has 1 aliphatic heterocycles. The van der Waals surface area contributed by atoms with Crippen molar-refractivity contribution in [2.45, 2.75) is 38.1 Å². The Bertz CT molecular complexity index is 1020. The molecular weight excluding hydrogens is 338 g/mol. The SMILES string of the molecule is Cc1nc2n(n1)CCC[C@H]2NS(=O)(=O)Cc1cccc2cccnc12. The molecule has 0 saturated carbocycles.